The van der Waals surface area contributed by atoms with Crippen LogP contribution in [-0.4, -0.2) is 240 Å². The van der Waals surface area contributed by atoms with Gasteiger partial charge in [-0.3, -0.25) is 0 Å². The van der Waals surface area contributed by atoms with Gasteiger partial charge in [0.1, 0.15) is 49.9 Å². The molecule has 7 aromatic rings. The van der Waals surface area contributed by atoms with E-state index < -0.39 is 0 Å². The molecule has 0 unspecified atom stereocenters. The van der Waals surface area contributed by atoms with E-state index in [9.17, 15) is 0 Å². The van der Waals surface area contributed by atoms with Crippen LogP contribution < -0.4 is 28.4 Å². The third kappa shape index (κ3) is 27.0. The van der Waals surface area contributed by atoms with Crippen LogP contribution in [0.5, 0.6) is 34.5 Å². The van der Waals surface area contributed by atoms with Crippen molar-refractivity contribution in [3.05, 3.63) is 31.2 Å². The summed E-state index contributed by atoms with van der Waals surface area (Å²) in [6, 6.07) is 0. The molecule has 20 nitrogen and oxygen atoms in total. The summed E-state index contributed by atoms with van der Waals surface area (Å²) in [6.45, 7) is 67.6. The van der Waals surface area contributed by atoms with Crippen LogP contribution in [0.4, 0.5) is 0 Å². The molecule has 0 fully saturated rings. The molecule has 0 saturated carbocycles. The SMILES string of the molecule is CC[N+](C)(CC)CCSc1c(Cl)c(OCCC(C)C)c2c(c1COCC(C)C)-c1nc-2nc2[nH]c(nc3nc(nc4[nH]c(n1)c1c(COCC(C)C)c(Cl)c(SCC[N+](C)(CC)CC)c(OCCC(C)C)c41)-c1c(OCCC(C)C)c(Cl)c(SCC[N+](C)(CC)CC)c(OCCC(C)C)c1-3)c1c(OCCC(C)C)c(Cl)c(SCC[N+](C)(CC)CC)c(OCCC(C)C)c21. The number of nitrogens with one attached hydrogen (secondary N) is 2. The highest BCUT2D eigenvalue weighted by Gasteiger charge is 2.40. The first-order valence-corrected chi connectivity index (χ1v) is 53.4. The van der Waals surface area contributed by atoms with Gasteiger partial charge in [-0.05, 0) is 141 Å². The fraction of sp³-hybridized carbons (Fsp3) is 0.680. The smallest absolute Gasteiger partial charge is 0.168 e. The van der Waals surface area contributed by atoms with Crippen molar-refractivity contribution >= 4 is 138 Å². The lowest BCUT2D eigenvalue weighted by molar-refractivity contribution is -0.903. The first kappa shape index (κ1) is 107. The first-order chi connectivity index (χ1) is 60.8. The van der Waals surface area contributed by atoms with Crippen LogP contribution in [0.2, 0.25) is 20.1 Å². The minimum Gasteiger partial charge on any atom is -0.492 e. The number of quaternary nitrogens is 4. The van der Waals surface area contributed by atoms with E-state index in [2.05, 4.69) is 204 Å². The average molecular weight is 1930 g/mol. The summed E-state index contributed by atoms with van der Waals surface area (Å²) in [7, 11) is 9.28. The van der Waals surface area contributed by atoms with Gasteiger partial charge in [0.05, 0.1) is 217 Å². The predicted molar refractivity (Wildman–Crippen MR) is 546 cm³/mol. The summed E-state index contributed by atoms with van der Waals surface area (Å²) in [5, 5.41) is 4.12. The second-order valence-electron chi connectivity index (χ2n) is 39.4. The lowest BCUT2D eigenvalue weighted by Crippen LogP contribution is -2.45. The summed E-state index contributed by atoms with van der Waals surface area (Å²) in [5.74, 6) is 8.89. The Morgan fingerprint density at radius 2 is 0.531 bits per heavy atom. The van der Waals surface area contributed by atoms with Crippen molar-refractivity contribution in [2.24, 2.45) is 47.3 Å². The van der Waals surface area contributed by atoms with Gasteiger partial charge in [0.25, 0.3) is 0 Å². The van der Waals surface area contributed by atoms with Crippen LogP contribution in [-0.2, 0) is 22.7 Å². The maximum Gasteiger partial charge on any atom is 0.168 e. The van der Waals surface area contributed by atoms with E-state index >= 15 is 0 Å². The van der Waals surface area contributed by atoms with E-state index in [1.54, 1.807) is 47.0 Å². The average Bonchev–Trinajstić information content (AvgIpc) is 1.55. The molecule has 2 aliphatic rings. The predicted octanol–water partition coefficient (Wildman–Crippen LogP) is 26.7. The second-order valence-corrected chi connectivity index (χ2v) is 45.3. The molecule has 128 heavy (non-hydrogen) atoms. The standard InChI is InChI=1S/C100H158Cl4N12O8S4/c1-29-113(25,30-2)43-53-125-89-70(60-118-58-68(23)24)72-73(83(80(89)102)119-47-37-61(9)10)95-107-94(72)105-93-71-69(59-117-57-67(21)22)79(101)90(126-54-44-114(26,31-3)32-4)86(122-50-40-64(15)16)74(71)96(106-93)109-97-75-78(88(124-52-42-66(19)20)92(128-56-46-116(28,35-7)36-8)81(103)84(75)120-48-38-62(11)12)100(110-97)112-98-76-77(99(108-95)111-98)87(123-51-41-65(17)18)91(127-55-45-115(27,33-5)34-6)82(104)85(76)121-49-39-63(13)14/h61-68H,29-60H2,1-28H3,(H2,105,106,107,108,109,110,111,112)/q+4. The van der Waals surface area contributed by atoms with Gasteiger partial charge in [-0.15, -0.1) is 47.0 Å². The van der Waals surface area contributed by atoms with Gasteiger partial charge in [-0.25, -0.2) is 29.9 Å². The number of ether oxygens (including phenoxy) is 8. The van der Waals surface area contributed by atoms with E-state index in [-0.39, 0.29) is 78.0 Å². The Labute approximate surface area is 805 Å². The fourth-order valence-corrected chi connectivity index (χ4v) is 21.7. The number of rotatable bonds is 56. The molecule has 28 heteroatoms. The molecule has 0 atom stereocenters. The number of thioether (sulfide) groups is 4. The maximum atomic E-state index is 8.38. The minimum absolute atomic E-state index is 0.106. The minimum atomic E-state index is 0.106. The number of aromatic nitrogens is 8. The van der Waals surface area contributed by atoms with Crippen molar-refractivity contribution in [1.29, 1.82) is 0 Å². The van der Waals surface area contributed by atoms with Crippen LogP contribution in [0.25, 0.3) is 89.7 Å². The number of hydrogen-bond donors (Lipinski definition) is 2. The highest BCUT2D eigenvalue weighted by molar-refractivity contribution is 8.00. The number of benzene rings is 4. The topological polar surface area (TPSA) is 183 Å². The van der Waals surface area contributed by atoms with E-state index in [1.165, 1.54) is 0 Å². The second kappa shape index (κ2) is 49.2. The zero-order valence-corrected chi connectivity index (χ0v) is 89.4. The first-order valence-electron chi connectivity index (χ1n) is 48.0. The molecule has 2 N–H and O–H groups in total. The van der Waals surface area contributed by atoms with Crippen molar-refractivity contribution in [3.8, 4) is 80.0 Å². The summed E-state index contributed by atoms with van der Waals surface area (Å²) in [5.41, 5.74) is 5.22. The van der Waals surface area contributed by atoms with Crippen molar-refractivity contribution in [1.82, 2.24) is 39.9 Å². The molecule has 714 valence electrons. The van der Waals surface area contributed by atoms with Crippen molar-refractivity contribution in [2.75, 3.05) is 183 Å². The van der Waals surface area contributed by atoms with Crippen LogP contribution in [0, 0.1) is 47.3 Å². The molecule has 2 aliphatic heterocycles. The Balaban J connectivity index is 1.71. The van der Waals surface area contributed by atoms with Gasteiger partial charge in [0.15, 0.2) is 40.5 Å². The van der Waals surface area contributed by atoms with Crippen LogP contribution in [0.3, 0.4) is 0 Å². The number of hydrogen-bond acceptors (Lipinski definition) is 18. The molecule has 0 saturated heterocycles. The van der Waals surface area contributed by atoms with E-state index in [1.807, 2.05) is 0 Å². The van der Waals surface area contributed by atoms with Gasteiger partial charge in [-0.1, -0.05) is 157 Å². The van der Waals surface area contributed by atoms with Gasteiger partial charge in [-0.2, -0.15) is 0 Å². The number of halogens is 4. The van der Waals surface area contributed by atoms with Gasteiger partial charge in [0.2, 0.25) is 0 Å². The Bertz CT molecular complexity index is 4700. The Kier molecular flexibility index (Phi) is 41.2. The summed E-state index contributed by atoms with van der Waals surface area (Å²) in [4.78, 5) is 47.1. The summed E-state index contributed by atoms with van der Waals surface area (Å²) in [6.07, 6.45) is 4.38. The van der Waals surface area contributed by atoms with Crippen molar-refractivity contribution < 1.29 is 55.8 Å². The quantitative estimate of drug-likeness (QED) is 0.0271. The van der Waals surface area contributed by atoms with Gasteiger partial charge in [0, 0.05) is 63.2 Å². The molecule has 8 bridgehead atoms. The molecule has 0 amide bonds. The third-order valence-corrected chi connectivity index (χ3v) is 32.1. The monoisotopic (exact) mass is 1920 g/mol. The molecule has 4 aromatic carbocycles. The molecule has 0 radical (unpaired) electrons. The van der Waals surface area contributed by atoms with Crippen molar-refractivity contribution in [3.63, 3.8) is 0 Å². The summed E-state index contributed by atoms with van der Waals surface area (Å²) >= 11 is 40.2. The Hall–Kier alpha value is -4.64. The lowest BCUT2D eigenvalue weighted by Gasteiger charge is -2.32. The van der Waals surface area contributed by atoms with Crippen LogP contribution in [0.1, 0.15) is 216 Å². The van der Waals surface area contributed by atoms with Gasteiger partial charge < -0.3 is 65.8 Å². The molecular weight excluding hydrogens is 1770 g/mol. The number of H-pyrrole nitrogens is 2. The Morgan fingerprint density at radius 3 is 0.875 bits per heavy atom. The number of nitrogens with zero attached hydrogens (tertiary/aromatic N) is 10. The highest BCUT2D eigenvalue weighted by atomic mass is 35.5. The zero-order valence-electron chi connectivity index (χ0n) is 83.1. The maximum absolute atomic E-state index is 8.38. The summed E-state index contributed by atoms with van der Waals surface area (Å²) < 4.78 is 62.1. The van der Waals surface area contributed by atoms with E-state index in [4.69, 9.17) is 114 Å². The van der Waals surface area contributed by atoms with Crippen LogP contribution >= 0.6 is 93.5 Å². The zero-order chi connectivity index (χ0) is 93.9. The molecule has 0 spiro atoms. The number of aromatic amines is 2. The largest absolute Gasteiger partial charge is 0.492 e. The van der Waals surface area contributed by atoms with Gasteiger partial charge >= 0.3 is 0 Å². The normalized spacial score (nSPS) is 12.9. The fourth-order valence-electron chi connectivity index (χ4n) is 15.0. The molecule has 3 aromatic heterocycles. The van der Waals surface area contributed by atoms with E-state index in [0.717, 1.165) is 172 Å². The lowest BCUT2D eigenvalue weighted by atomic mass is 10.00. The third-order valence-electron chi connectivity index (χ3n) is 25.8. The molecular formula is C100H158Cl4N12O8S4+4. The van der Waals surface area contributed by atoms with E-state index in [0.29, 0.717) is 197 Å². The number of fused-ring (bicyclic) bond motifs is 20. The molecule has 9 rings (SSSR count). The molecule has 5 heterocycles. The van der Waals surface area contributed by atoms with Crippen molar-refractivity contribution in [2.45, 2.75) is 237 Å². The van der Waals surface area contributed by atoms with Crippen LogP contribution in [0.15, 0.2) is 19.6 Å². The Morgan fingerprint density at radius 1 is 0.281 bits per heavy atom. The highest BCUT2D eigenvalue weighted by Crippen LogP contribution is 2.59. The molecule has 0 aliphatic carbocycles.